The number of nitrogens with zero attached hydrogens (tertiary/aromatic N) is 2. The average molecular weight is 516 g/mol. The van der Waals surface area contributed by atoms with Crippen LogP contribution in [-0.4, -0.2) is 38.8 Å². The van der Waals surface area contributed by atoms with Crippen molar-refractivity contribution >= 4 is 39.4 Å². The van der Waals surface area contributed by atoms with Gasteiger partial charge in [0.25, 0.3) is 15.9 Å². The summed E-state index contributed by atoms with van der Waals surface area (Å²) in [5.41, 5.74) is 5.16. The lowest BCUT2D eigenvalue weighted by molar-refractivity contribution is -0.119. The first kappa shape index (κ1) is 26.1. The number of nitrogens with one attached hydrogen (secondary N) is 1. The molecule has 2 N–H and O–H groups in total. The van der Waals surface area contributed by atoms with Crippen molar-refractivity contribution in [3.8, 4) is 11.5 Å². The van der Waals surface area contributed by atoms with Crippen molar-refractivity contribution in [1.29, 1.82) is 0 Å². The molecular weight excluding hydrogens is 490 g/mol. The molecule has 0 fully saturated rings. The van der Waals surface area contributed by atoms with Crippen LogP contribution in [0.1, 0.15) is 23.6 Å². The maximum Gasteiger partial charge on any atom is 0.264 e. The number of aromatic hydroxyl groups is 1. The van der Waals surface area contributed by atoms with Crippen LogP contribution in [0, 0.1) is 13.8 Å². The third kappa shape index (κ3) is 6.52. The second-order valence-electron chi connectivity index (χ2n) is 7.69. The number of phenols is 1. The van der Waals surface area contributed by atoms with Gasteiger partial charge in [-0.3, -0.25) is 9.10 Å². The van der Waals surface area contributed by atoms with E-state index >= 15 is 0 Å². The maximum atomic E-state index is 13.4. The van der Waals surface area contributed by atoms with E-state index in [1.165, 1.54) is 36.5 Å². The summed E-state index contributed by atoms with van der Waals surface area (Å²) in [5, 5.41) is 14.1. The number of benzene rings is 3. The number of carbonyl (C=O) groups is 1. The molecule has 0 atom stereocenters. The molecule has 0 saturated carbocycles. The Morgan fingerprint density at radius 2 is 1.80 bits per heavy atom. The summed E-state index contributed by atoms with van der Waals surface area (Å²) >= 11 is 5.91. The number of hydrogen-bond acceptors (Lipinski definition) is 6. The summed E-state index contributed by atoms with van der Waals surface area (Å²) in [6, 6.07) is 15.5. The topological polar surface area (TPSA) is 108 Å². The van der Waals surface area contributed by atoms with E-state index in [0.29, 0.717) is 22.9 Å². The number of rotatable bonds is 9. The summed E-state index contributed by atoms with van der Waals surface area (Å²) in [6.07, 6.45) is 1.37. The number of carbonyl (C=O) groups excluding carboxylic acids is 1. The number of ether oxygens (including phenoxy) is 1. The molecule has 8 nitrogen and oxygen atoms in total. The highest BCUT2D eigenvalue weighted by molar-refractivity contribution is 7.92. The molecule has 0 aliphatic rings. The van der Waals surface area contributed by atoms with E-state index in [9.17, 15) is 18.3 Å². The predicted octanol–water partition coefficient (Wildman–Crippen LogP) is 4.41. The van der Waals surface area contributed by atoms with E-state index in [2.05, 4.69) is 10.5 Å². The van der Waals surface area contributed by atoms with Crippen LogP contribution >= 0.6 is 11.6 Å². The number of phenolic OH excluding ortho intramolecular Hbond substituents is 1. The van der Waals surface area contributed by atoms with Gasteiger partial charge in [-0.25, -0.2) is 13.8 Å². The van der Waals surface area contributed by atoms with Gasteiger partial charge in [-0.15, -0.1) is 0 Å². The molecule has 0 aromatic heterocycles. The average Bonchev–Trinajstić information content (AvgIpc) is 2.82. The molecule has 1 amide bonds. The fourth-order valence-corrected chi connectivity index (χ4v) is 4.70. The van der Waals surface area contributed by atoms with Gasteiger partial charge in [-0.05, 0) is 92.1 Å². The van der Waals surface area contributed by atoms with E-state index in [0.717, 1.165) is 15.4 Å². The molecule has 0 heterocycles. The third-order valence-electron chi connectivity index (χ3n) is 5.15. The standard InChI is InChI=1S/C25H26ClN3O5S/c1-4-34-24-14-19(6-12-23(24)30)15-27-28-25(31)16-29(21-9-5-17(2)18(3)13-21)35(32,33)22-10-7-20(26)8-11-22/h5-15,30H,4,16H2,1-3H3,(H,28,31)/b27-15-. The summed E-state index contributed by atoms with van der Waals surface area (Å²) < 4.78 is 33.2. The summed E-state index contributed by atoms with van der Waals surface area (Å²) in [5.74, 6) is -0.358. The van der Waals surface area contributed by atoms with Crippen LogP contribution in [0.2, 0.25) is 5.02 Å². The van der Waals surface area contributed by atoms with Crippen LogP contribution in [0.15, 0.2) is 70.7 Å². The van der Waals surface area contributed by atoms with E-state index in [4.69, 9.17) is 16.3 Å². The van der Waals surface area contributed by atoms with Crippen LogP contribution in [0.4, 0.5) is 5.69 Å². The minimum atomic E-state index is -4.07. The van der Waals surface area contributed by atoms with E-state index in [1.54, 1.807) is 37.3 Å². The van der Waals surface area contributed by atoms with Crippen LogP contribution in [0.5, 0.6) is 11.5 Å². The first-order chi connectivity index (χ1) is 16.6. The normalized spacial score (nSPS) is 11.4. The Bertz CT molecular complexity index is 1340. The molecule has 0 aliphatic heterocycles. The highest BCUT2D eigenvalue weighted by Gasteiger charge is 2.27. The van der Waals surface area contributed by atoms with Gasteiger partial charge in [0.1, 0.15) is 6.54 Å². The number of aryl methyl sites for hydroxylation is 2. The van der Waals surface area contributed by atoms with E-state index in [1.807, 2.05) is 13.8 Å². The molecule has 35 heavy (non-hydrogen) atoms. The van der Waals surface area contributed by atoms with Gasteiger partial charge in [0, 0.05) is 5.02 Å². The highest BCUT2D eigenvalue weighted by Crippen LogP contribution is 2.27. The van der Waals surface area contributed by atoms with Crippen molar-refractivity contribution in [2.45, 2.75) is 25.7 Å². The van der Waals surface area contributed by atoms with Gasteiger partial charge in [0.05, 0.1) is 23.4 Å². The summed E-state index contributed by atoms with van der Waals surface area (Å²) in [7, 11) is -4.07. The minimum Gasteiger partial charge on any atom is -0.504 e. The smallest absolute Gasteiger partial charge is 0.264 e. The molecule has 3 rings (SSSR count). The number of halogens is 1. The largest absolute Gasteiger partial charge is 0.504 e. The third-order valence-corrected chi connectivity index (χ3v) is 7.19. The van der Waals surface area contributed by atoms with Crippen molar-refractivity contribution in [3.63, 3.8) is 0 Å². The molecule has 0 radical (unpaired) electrons. The van der Waals surface area contributed by atoms with Gasteiger partial charge < -0.3 is 9.84 Å². The van der Waals surface area contributed by atoms with Crippen molar-refractivity contribution in [1.82, 2.24) is 5.43 Å². The van der Waals surface area contributed by atoms with Gasteiger partial charge in [0.15, 0.2) is 11.5 Å². The fraction of sp³-hybridized carbons (Fsp3) is 0.200. The molecule has 0 aliphatic carbocycles. The molecule has 10 heteroatoms. The van der Waals surface area contributed by atoms with Gasteiger partial charge >= 0.3 is 0 Å². The maximum absolute atomic E-state index is 13.4. The number of hydrogen-bond donors (Lipinski definition) is 2. The van der Waals surface area contributed by atoms with Crippen molar-refractivity contribution in [2.75, 3.05) is 17.5 Å². The van der Waals surface area contributed by atoms with Crippen LogP contribution in [0.3, 0.4) is 0 Å². The number of sulfonamides is 1. The highest BCUT2D eigenvalue weighted by atomic mass is 35.5. The molecule has 184 valence electrons. The predicted molar refractivity (Wildman–Crippen MR) is 137 cm³/mol. The Hall–Kier alpha value is -3.56. The Balaban J connectivity index is 1.84. The first-order valence-corrected chi connectivity index (χ1v) is 12.6. The van der Waals surface area contributed by atoms with Crippen LogP contribution < -0.4 is 14.5 Å². The lowest BCUT2D eigenvalue weighted by Gasteiger charge is -2.24. The Morgan fingerprint density at radius 3 is 2.46 bits per heavy atom. The molecule has 0 saturated heterocycles. The van der Waals surface area contributed by atoms with Crippen LogP contribution in [0.25, 0.3) is 0 Å². The number of amides is 1. The lowest BCUT2D eigenvalue weighted by atomic mass is 10.1. The van der Waals surface area contributed by atoms with Crippen LogP contribution in [-0.2, 0) is 14.8 Å². The van der Waals surface area contributed by atoms with E-state index < -0.39 is 22.5 Å². The molecule has 3 aromatic rings. The monoisotopic (exact) mass is 515 g/mol. The number of hydrazone groups is 1. The van der Waals surface area contributed by atoms with Crippen molar-refractivity contribution in [2.24, 2.45) is 5.10 Å². The molecule has 0 unspecified atom stereocenters. The first-order valence-electron chi connectivity index (χ1n) is 10.7. The number of anilines is 1. The van der Waals surface area contributed by atoms with Gasteiger partial charge in [0.2, 0.25) is 0 Å². The zero-order valence-corrected chi connectivity index (χ0v) is 21.1. The van der Waals surface area contributed by atoms with Gasteiger partial charge in [-0.2, -0.15) is 5.10 Å². The Morgan fingerprint density at radius 1 is 1.09 bits per heavy atom. The van der Waals surface area contributed by atoms with Gasteiger partial charge in [-0.1, -0.05) is 17.7 Å². The summed E-state index contributed by atoms with van der Waals surface area (Å²) in [4.78, 5) is 12.7. The molecular formula is C25H26ClN3O5S. The zero-order valence-electron chi connectivity index (χ0n) is 19.5. The lowest BCUT2D eigenvalue weighted by Crippen LogP contribution is -2.39. The molecule has 3 aromatic carbocycles. The molecule has 0 spiro atoms. The quantitative estimate of drug-likeness (QED) is 0.324. The van der Waals surface area contributed by atoms with E-state index in [-0.39, 0.29) is 16.4 Å². The fourth-order valence-electron chi connectivity index (χ4n) is 3.16. The minimum absolute atomic E-state index is 0.00368. The molecule has 0 bridgehead atoms. The van der Waals surface area contributed by atoms with Crippen molar-refractivity contribution < 1.29 is 23.1 Å². The zero-order chi connectivity index (χ0) is 25.6. The summed E-state index contributed by atoms with van der Waals surface area (Å²) in [6.45, 7) is 5.45. The second-order valence-corrected chi connectivity index (χ2v) is 9.99. The SMILES string of the molecule is CCOc1cc(/C=N\NC(=O)CN(c2ccc(C)c(C)c2)S(=O)(=O)c2ccc(Cl)cc2)ccc1O. The second kappa shape index (κ2) is 11.2. The Labute approximate surface area is 209 Å². The van der Waals surface area contributed by atoms with Crippen molar-refractivity contribution in [3.05, 3.63) is 82.4 Å². The Kier molecular flexibility index (Phi) is 8.37.